The van der Waals surface area contributed by atoms with Gasteiger partial charge in [-0.15, -0.1) is 0 Å². The molecule has 0 unspecified atom stereocenters. The van der Waals surface area contributed by atoms with Crippen LogP contribution in [0.3, 0.4) is 0 Å². The molecule has 3 aromatic rings. The average Bonchev–Trinajstić information content (AvgIpc) is 3.06. The smallest absolute Gasteiger partial charge is 0.231 e. The topological polar surface area (TPSA) is 38.8 Å². The average molecular weight is 414 g/mol. The van der Waals surface area contributed by atoms with Crippen LogP contribution in [0.15, 0.2) is 60.4 Å². The fraction of sp³-hybridized carbons (Fsp3) is 0.222. The van der Waals surface area contributed by atoms with E-state index in [0.717, 1.165) is 28.1 Å². The minimum absolute atomic E-state index is 0.101. The summed E-state index contributed by atoms with van der Waals surface area (Å²) in [5.74, 6) is 1.54. The Labute approximate surface area is 183 Å². The minimum atomic E-state index is -0.101. The van der Waals surface area contributed by atoms with E-state index in [1.54, 1.807) is 12.1 Å². The molecular weight excluding hydrogens is 386 g/mol. The van der Waals surface area contributed by atoms with Crippen molar-refractivity contribution in [2.24, 2.45) is 0 Å². The Hall–Kier alpha value is -3.53. The molecule has 158 valence electrons. The maximum absolute atomic E-state index is 12.9. The van der Waals surface area contributed by atoms with Gasteiger partial charge in [0.15, 0.2) is 5.76 Å². The first-order valence-electron chi connectivity index (χ1n) is 10.4. The number of hydrogen-bond donors (Lipinski definition) is 0. The first-order chi connectivity index (χ1) is 14.8. The zero-order valence-corrected chi connectivity index (χ0v) is 18.7. The molecule has 0 radical (unpaired) electrons. The molecule has 4 heteroatoms. The first-order valence-corrected chi connectivity index (χ1v) is 10.4. The van der Waals surface area contributed by atoms with Crippen molar-refractivity contribution < 1.29 is 14.3 Å². The molecule has 0 saturated carbocycles. The van der Waals surface area contributed by atoms with Crippen molar-refractivity contribution in [3.05, 3.63) is 93.7 Å². The highest BCUT2D eigenvalue weighted by Crippen LogP contribution is 2.39. The molecule has 1 aliphatic rings. The Balaban J connectivity index is 1.55. The Kier molecular flexibility index (Phi) is 5.55. The predicted molar refractivity (Wildman–Crippen MR) is 125 cm³/mol. The lowest BCUT2D eigenvalue weighted by Crippen LogP contribution is -2.08. The Morgan fingerprint density at radius 3 is 2.42 bits per heavy atom. The molecule has 0 saturated heterocycles. The molecule has 4 rings (SSSR count). The highest BCUT2D eigenvalue weighted by molar-refractivity contribution is 6.15. The van der Waals surface area contributed by atoms with Crippen LogP contribution in [0.4, 0.5) is 5.69 Å². The number of anilines is 1. The largest absolute Gasteiger partial charge is 0.488 e. The number of benzene rings is 3. The normalized spacial score (nSPS) is 13.8. The molecule has 0 spiro atoms. The molecule has 0 N–H and O–H groups in total. The molecule has 0 atom stereocenters. The molecule has 0 bridgehead atoms. The van der Waals surface area contributed by atoms with Crippen LogP contribution in [0.5, 0.6) is 11.5 Å². The van der Waals surface area contributed by atoms with Gasteiger partial charge in [0.25, 0.3) is 0 Å². The van der Waals surface area contributed by atoms with Gasteiger partial charge in [-0.05, 0) is 67.8 Å². The number of ketones is 1. The van der Waals surface area contributed by atoms with E-state index in [1.165, 1.54) is 11.1 Å². The van der Waals surface area contributed by atoms with Crippen LogP contribution in [-0.2, 0) is 6.61 Å². The number of hydrogen-bond acceptors (Lipinski definition) is 4. The van der Waals surface area contributed by atoms with Crippen LogP contribution >= 0.6 is 0 Å². The van der Waals surface area contributed by atoms with Gasteiger partial charge in [-0.25, -0.2) is 0 Å². The summed E-state index contributed by atoms with van der Waals surface area (Å²) in [6.07, 6.45) is 1.79. The Morgan fingerprint density at radius 1 is 0.968 bits per heavy atom. The van der Waals surface area contributed by atoms with Crippen molar-refractivity contribution >= 4 is 17.5 Å². The van der Waals surface area contributed by atoms with Crippen LogP contribution in [0, 0.1) is 20.8 Å². The summed E-state index contributed by atoms with van der Waals surface area (Å²) in [4.78, 5) is 14.9. The van der Waals surface area contributed by atoms with Crippen LogP contribution in [-0.4, -0.2) is 19.9 Å². The quantitative estimate of drug-likeness (QED) is 0.490. The summed E-state index contributed by atoms with van der Waals surface area (Å²) >= 11 is 0. The SMILES string of the molecule is Cc1ccc(C)c(COc2ccc3c(c2C)O/C(=C\c2ccc(N(C)C)cc2)C3=O)c1. The van der Waals surface area contributed by atoms with Crippen LogP contribution < -0.4 is 14.4 Å². The van der Waals surface area contributed by atoms with E-state index in [9.17, 15) is 4.79 Å². The molecular formula is C27H27NO3. The summed E-state index contributed by atoms with van der Waals surface area (Å²) in [7, 11) is 3.99. The van der Waals surface area contributed by atoms with Crippen molar-refractivity contribution in [1.29, 1.82) is 0 Å². The number of carbonyl (C=O) groups excluding carboxylic acids is 1. The molecule has 0 fully saturated rings. The number of carbonyl (C=O) groups is 1. The third-order valence-electron chi connectivity index (χ3n) is 5.63. The van der Waals surface area contributed by atoms with E-state index in [0.29, 0.717) is 23.7 Å². The summed E-state index contributed by atoms with van der Waals surface area (Å²) in [5, 5.41) is 0. The number of aryl methyl sites for hydroxylation is 2. The summed E-state index contributed by atoms with van der Waals surface area (Å²) in [6.45, 7) is 6.56. The second-order valence-corrected chi connectivity index (χ2v) is 8.21. The molecule has 1 aliphatic heterocycles. The fourth-order valence-corrected chi connectivity index (χ4v) is 3.66. The van der Waals surface area contributed by atoms with Crippen molar-refractivity contribution in [3.8, 4) is 11.5 Å². The van der Waals surface area contributed by atoms with Gasteiger partial charge >= 0.3 is 0 Å². The highest BCUT2D eigenvalue weighted by atomic mass is 16.5. The predicted octanol–water partition coefficient (Wildman–Crippen LogP) is 5.87. The summed E-state index contributed by atoms with van der Waals surface area (Å²) in [6, 6.07) is 18.0. The maximum atomic E-state index is 12.9. The number of allylic oxidation sites excluding steroid dienone is 1. The number of fused-ring (bicyclic) bond motifs is 1. The number of ether oxygens (including phenoxy) is 2. The molecule has 0 amide bonds. The third-order valence-corrected chi connectivity index (χ3v) is 5.63. The van der Waals surface area contributed by atoms with Gasteiger partial charge < -0.3 is 14.4 Å². The van der Waals surface area contributed by atoms with E-state index in [2.05, 4.69) is 32.0 Å². The van der Waals surface area contributed by atoms with E-state index in [1.807, 2.05) is 56.3 Å². The van der Waals surface area contributed by atoms with Crippen LogP contribution in [0.1, 0.15) is 38.2 Å². The van der Waals surface area contributed by atoms with Gasteiger partial charge in [-0.3, -0.25) is 4.79 Å². The second kappa shape index (κ2) is 8.31. The van der Waals surface area contributed by atoms with E-state index >= 15 is 0 Å². The lowest BCUT2D eigenvalue weighted by molar-refractivity contribution is 0.101. The number of Topliss-reactive ketones (excluding diaryl/α,β-unsaturated/α-hetero) is 1. The third kappa shape index (κ3) is 4.19. The van der Waals surface area contributed by atoms with Crippen LogP contribution in [0.25, 0.3) is 6.08 Å². The monoisotopic (exact) mass is 413 g/mol. The molecule has 0 aromatic heterocycles. The van der Waals surface area contributed by atoms with Gasteiger partial charge in [0.2, 0.25) is 5.78 Å². The van der Waals surface area contributed by atoms with Crippen LogP contribution in [0.2, 0.25) is 0 Å². The van der Waals surface area contributed by atoms with E-state index in [4.69, 9.17) is 9.47 Å². The highest BCUT2D eigenvalue weighted by Gasteiger charge is 2.30. The molecule has 31 heavy (non-hydrogen) atoms. The zero-order valence-electron chi connectivity index (χ0n) is 18.7. The zero-order chi connectivity index (χ0) is 22.1. The Bertz CT molecular complexity index is 1170. The number of rotatable bonds is 5. The lowest BCUT2D eigenvalue weighted by atomic mass is 10.0. The van der Waals surface area contributed by atoms with Gasteiger partial charge in [0.1, 0.15) is 18.1 Å². The van der Waals surface area contributed by atoms with E-state index < -0.39 is 0 Å². The van der Waals surface area contributed by atoms with E-state index in [-0.39, 0.29) is 5.78 Å². The van der Waals surface area contributed by atoms with Gasteiger partial charge in [-0.2, -0.15) is 0 Å². The summed E-state index contributed by atoms with van der Waals surface area (Å²) < 4.78 is 12.1. The standard InChI is InChI=1S/C27H27NO3/c1-17-6-7-18(2)21(14-17)16-30-24-13-12-23-26(29)25(31-27(23)19(24)3)15-20-8-10-22(11-9-20)28(4)5/h6-15H,16H2,1-5H3/b25-15-. The van der Waals surface area contributed by atoms with Crippen molar-refractivity contribution in [2.75, 3.05) is 19.0 Å². The van der Waals surface area contributed by atoms with Gasteiger partial charge in [-0.1, -0.05) is 35.9 Å². The lowest BCUT2D eigenvalue weighted by Gasteiger charge is -2.13. The maximum Gasteiger partial charge on any atom is 0.231 e. The summed E-state index contributed by atoms with van der Waals surface area (Å²) in [5.41, 5.74) is 6.99. The molecule has 1 heterocycles. The van der Waals surface area contributed by atoms with Gasteiger partial charge in [0.05, 0.1) is 5.56 Å². The number of nitrogens with zero attached hydrogens (tertiary/aromatic N) is 1. The van der Waals surface area contributed by atoms with Crippen molar-refractivity contribution in [1.82, 2.24) is 0 Å². The molecule has 3 aromatic carbocycles. The van der Waals surface area contributed by atoms with Crippen molar-refractivity contribution in [3.63, 3.8) is 0 Å². The second-order valence-electron chi connectivity index (χ2n) is 8.21. The molecule has 0 aliphatic carbocycles. The molecule has 4 nitrogen and oxygen atoms in total. The first kappa shape index (κ1) is 20.7. The Morgan fingerprint density at radius 2 is 1.71 bits per heavy atom. The van der Waals surface area contributed by atoms with Gasteiger partial charge in [0, 0.05) is 25.3 Å². The van der Waals surface area contributed by atoms with Crippen molar-refractivity contribution in [2.45, 2.75) is 27.4 Å². The fourth-order valence-electron chi connectivity index (χ4n) is 3.66. The minimum Gasteiger partial charge on any atom is -0.488 e.